The van der Waals surface area contributed by atoms with Crippen LogP contribution in [0.5, 0.6) is 5.75 Å². The number of sulfonamides is 1. The topological polar surface area (TPSA) is 55.4 Å². The molecule has 0 radical (unpaired) electrons. The van der Waals surface area contributed by atoms with Gasteiger partial charge in [-0.1, -0.05) is 32.9 Å². The van der Waals surface area contributed by atoms with E-state index in [2.05, 4.69) is 25.5 Å². The first-order valence-electron chi connectivity index (χ1n) is 9.67. The van der Waals surface area contributed by atoms with E-state index in [4.69, 9.17) is 4.74 Å². The average molecular weight is 398 g/mol. The van der Waals surface area contributed by atoms with Crippen molar-refractivity contribution in [3.8, 4) is 5.75 Å². The fourth-order valence-corrected chi connectivity index (χ4v) is 3.79. The van der Waals surface area contributed by atoms with E-state index in [1.165, 1.54) is 11.5 Å². The van der Waals surface area contributed by atoms with Gasteiger partial charge in [-0.05, 0) is 68.1 Å². The lowest BCUT2D eigenvalue weighted by Crippen LogP contribution is -2.24. The Kier molecular flexibility index (Phi) is 7.46. The van der Waals surface area contributed by atoms with Crippen molar-refractivity contribution in [1.29, 1.82) is 0 Å². The van der Waals surface area contributed by atoms with E-state index in [1.54, 1.807) is 25.1 Å². The second kappa shape index (κ2) is 9.20. The molecule has 0 spiro atoms. The average Bonchev–Trinajstić information content (AvgIpc) is 3.36. The molecule has 6 heteroatoms. The van der Waals surface area contributed by atoms with E-state index in [9.17, 15) is 12.8 Å². The van der Waals surface area contributed by atoms with Gasteiger partial charge in [-0.3, -0.25) is 0 Å². The van der Waals surface area contributed by atoms with E-state index in [1.807, 2.05) is 0 Å². The number of halogens is 1. The molecule has 1 aliphatic rings. The second-order valence-electron chi connectivity index (χ2n) is 8.65. The minimum absolute atomic E-state index is 0.183. The van der Waals surface area contributed by atoms with Crippen molar-refractivity contribution in [1.82, 2.24) is 4.72 Å². The highest BCUT2D eigenvalue weighted by atomic mass is 32.2. The zero-order valence-corrected chi connectivity index (χ0v) is 17.6. The normalized spacial score (nSPS) is 16.6. The standard InChI is InChI=1S/C21H32FNO3S/c1-16(23-27(24,25)13-7-5-6-12-21(2,3)4)18-10-11-19(22)20(14-18)26-15-17-8-9-17/h7,10-11,13-14,16-17,23H,5-6,8-9,12,15H2,1-4H3/b13-7+/t16-/m1/s1. The Balaban J connectivity index is 1.90. The highest BCUT2D eigenvalue weighted by molar-refractivity contribution is 7.92. The summed E-state index contributed by atoms with van der Waals surface area (Å²) in [5, 5.41) is 1.22. The van der Waals surface area contributed by atoms with Crippen LogP contribution >= 0.6 is 0 Å². The number of rotatable bonds is 10. The molecule has 27 heavy (non-hydrogen) atoms. The van der Waals surface area contributed by atoms with E-state index >= 15 is 0 Å². The van der Waals surface area contributed by atoms with E-state index in [0.717, 1.165) is 32.1 Å². The van der Waals surface area contributed by atoms with Crippen molar-refractivity contribution in [2.45, 2.75) is 65.8 Å². The molecule has 0 unspecified atom stereocenters. The van der Waals surface area contributed by atoms with Gasteiger partial charge in [-0.2, -0.15) is 0 Å². The van der Waals surface area contributed by atoms with Crippen LogP contribution in [0.2, 0.25) is 0 Å². The van der Waals surface area contributed by atoms with Crippen LogP contribution in [0.4, 0.5) is 4.39 Å². The molecular formula is C21H32FNO3S. The fraction of sp³-hybridized carbons (Fsp3) is 0.619. The molecule has 0 bridgehead atoms. The van der Waals surface area contributed by atoms with Crippen molar-refractivity contribution in [2.24, 2.45) is 11.3 Å². The van der Waals surface area contributed by atoms with Crippen LogP contribution in [0.1, 0.15) is 71.4 Å². The van der Waals surface area contributed by atoms with E-state index in [-0.39, 0.29) is 11.2 Å². The smallest absolute Gasteiger partial charge is 0.233 e. The molecule has 0 heterocycles. The zero-order chi connectivity index (χ0) is 20.1. The lowest BCUT2D eigenvalue weighted by Gasteiger charge is -2.17. The minimum Gasteiger partial charge on any atom is -0.490 e. The van der Waals surface area contributed by atoms with Crippen LogP contribution in [0.3, 0.4) is 0 Å². The molecule has 1 atom stereocenters. The number of nitrogens with one attached hydrogen (secondary N) is 1. The predicted octanol–water partition coefficient (Wildman–Crippen LogP) is 5.33. The Hall–Kier alpha value is -1.40. The third-order valence-electron chi connectivity index (χ3n) is 4.54. The maximum atomic E-state index is 13.9. The Labute approximate surface area is 163 Å². The van der Waals surface area contributed by atoms with Gasteiger partial charge in [0.2, 0.25) is 10.0 Å². The summed E-state index contributed by atoms with van der Waals surface area (Å²) in [6.45, 7) is 8.76. The van der Waals surface area contributed by atoms with Crippen LogP contribution in [-0.2, 0) is 10.0 Å². The summed E-state index contributed by atoms with van der Waals surface area (Å²) in [5.74, 6) is 0.281. The number of unbranched alkanes of at least 4 members (excludes halogenated alkanes) is 1. The first kappa shape index (κ1) is 21.9. The number of hydrogen-bond acceptors (Lipinski definition) is 3. The van der Waals surface area contributed by atoms with Gasteiger partial charge in [0.05, 0.1) is 6.61 Å². The third-order valence-corrected chi connectivity index (χ3v) is 5.77. The van der Waals surface area contributed by atoms with Crippen molar-refractivity contribution >= 4 is 10.0 Å². The summed E-state index contributed by atoms with van der Waals surface area (Å²) in [6, 6.07) is 4.01. The zero-order valence-electron chi connectivity index (χ0n) is 16.8. The molecule has 0 amide bonds. The van der Waals surface area contributed by atoms with Crippen LogP contribution in [0.15, 0.2) is 29.7 Å². The molecule has 4 nitrogen and oxygen atoms in total. The molecule has 0 aliphatic heterocycles. The Bertz CT molecular complexity index is 749. The second-order valence-corrected chi connectivity index (χ2v) is 10.3. The van der Waals surface area contributed by atoms with E-state index in [0.29, 0.717) is 18.1 Å². The molecule has 1 fully saturated rings. The number of ether oxygens (including phenoxy) is 1. The Morgan fingerprint density at radius 2 is 2.04 bits per heavy atom. The molecule has 1 saturated carbocycles. The minimum atomic E-state index is -3.55. The first-order valence-corrected chi connectivity index (χ1v) is 11.2. The van der Waals surface area contributed by atoms with Gasteiger partial charge in [0.15, 0.2) is 11.6 Å². The molecule has 0 aromatic heterocycles. The quantitative estimate of drug-likeness (QED) is 0.543. The number of allylic oxidation sites excluding steroid dienone is 1. The van der Waals surface area contributed by atoms with Gasteiger partial charge in [-0.15, -0.1) is 0 Å². The largest absolute Gasteiger partial charge is 0.490 e. The summed E-state index contributed by atoms with van der Waals surface area (Å²) >= 11 is 0. The van der Waals surface area contributed by atoms with Crippen LogP contribution in [0.25, 0.3) is 0 Å². The summed E-state index contributed by atoms with van der Waals surface area (Å²) < 4.78 is 46.5. The van der Waals surface area contributed by atoms with Crippen LogP contribution in [-0.4, -0.2) is 15.0 Å². The van der Waals surface area contributed by atoms with Gasteiger partial charge in [-0.25, -0.2) is 17.5 Å². The van der Waals surface area contributed by atoms with Crippen LogP contribution in [0, 0.1) is 17.2 Å². The molecule has 0 saturated heterocycles. The highest BCUT2D eigenvalue weighted by Gasteiger charge is 2.23. The van der Waals surface area contributed by atoms with Crippen molar-refractivity contribution in [3.63, 3.8) is 0 Å². The first-order chi connectivity index (χ1) is 12.6. The van der Waals surface area contributed by atoms with Crippen molar-refractivity contribution in [2.75, 3.05) is 6.61 Å². The lowest BCUT2D eigenvalue weighted by molar-refractivity contribution is 0.285. The summed E-state index contributed by atoms with van der Waals surface area (Å²) in [4.78, 5) is 0. The maximum Gasteiger partial charge on any atom is 0.233 e. The van der Waals surface area contributed by atoms with Crippen molar-refractivity contribution in [3.05, 3.63) is 41.1 Å². The summed E-state index contributed by atoms with van der Waals surface area (Å²) in [6.07, 6.45) is 6.66. The summed E-state index contributed by atoms with van der Waals surface area (Å²) in [7, 11) is -3.55. The molecule has 1 aromatic carbocycles. The molecule has 1 N–H and O–H groups in total. The van der Waals surface area contributed by atoms with E-state index < -0.39 is 21.9 Å². The summed E-state index contributed by atoms with van der Waals surface area (Å²) in [5.41, 5.74) is 0.924. The molecular weight excluding hydrogens is 365 g/mol. The predicted molar refractivity (Wildman–Crippen MR) is 108 cm³/mol. The lowest BCUT2D eigenvalue weighted by atomic mass is 9.90. The SMILES string of the molecule is C[C@@H](NS(=O)(=O)/C=C/CCCC(C)(C)C)c1ccc(F)c(OCC2CC2)c1. The van der Waals surface area contributed by atoms with Crippen molar-refractivity contribution < 1.29 is 17.5 Å². The fourth-order valence-electron chi connectivity index (χ4n) is 2.69. The number of benzene rings is 1. The monoisotopic (exact) mass is 397 g/mol. The maximum absolute atomic E-state index is 13.9. The van der Waals surface area contributed by atoms with Gasteiger partial charge in [0.25, 0.3) is 0 Å². The molecule has 1 aromatic rings. The van der Waals surface area contributed by atoms with Gasteiger partial charge < -0.3 is 4.74 Å². The number of hydrogen-bond donors (Lipinski definition) is 1. The van der Waals surface area contributed by atoms with Gasteiger partial charge in [0, 0.05) is 11.4 Å². The molecule has 1 aliphatic carbocycles. The molecule has 2 rings (SSSR count). The van der Waals surface area contributed by atoms with Gasteiger partial charge >= 0.3 is 0 Å². The Morgan fingerprint density at radius 1 is 1.33 bits per heavy atom. The van der Waals surface area contributed by atoms with Gasteiger partial charge in [0.1, 0.15) is 0 Å². The third kappa shape index (κ3) is 8.43. The Morgan fingerprint density at radius 3 is 2.67 bits per heavy atom. The molecule has 152 valence electrons. The highest BCUT2D eigenvalue weighted by Crippen LogP contribution is 2.31. The van der Waals surface area contributed by atoms with Crippen LogP contribution < -0.4 is 9.46 Å².